The van der Waals surface area contributed by atoms with Gasteiger partial charge in [-0.3, -0.25) is 4.31 Å². The van der Waals surface area contributed by atoms with E-state index >= 15 is 0 Å². The molecule has 0 spiro atoms. The minimum atomic E-state index is 0.454. The topological polar surface area (TPSA) is 88.6 Å². The first-order valence-electron chi connectivity index (χ1n) is 11.3. The Morgan fingerprint density at radius 1 is 0.917 bits per heavy atom. The molecule has 4 rings (SSSR count). The van der Waals surface area contributed by atoms with Crippen molar-refractivity contribution in [2.24, 2.45) is 0 Å². The molecule has 0 atom stereocenters. The van der Waals surface area contributed by atoms with E-state index in [2.05, 4.69) is 83.9 Å². The van der Waals surface area contributed by atoms with Gasteiger partial charge < -0.3 is 5.32 Å². The lowest BCUT2D eigenvalue weighted by Crippen LogP contribution is -2.13. The molecular formula is C29H24N6S. The van der Waals surface area contributed by atoms with Gasteiger partial charge in [0.05, 0.1) is 23.4 Å². The number of aryl methyl sites for hydroxylation is 3. The van der Waals surface area contributed by atoms with Gasteiger partial charge in [-0.2, -0.15) is 15.5 Å². The first-order valence-corrected chi connectivity index (χ1v) is 12.1. The van der Waals surface area contributed by atoms with E-state index in [1.54, 1.807) is 30.3 Å². The highest BCUT2D eigenvalue weighted by atomic mass is 32.2. The van der Waals surface area contributed by atoms with Gasteiger partial charge in [0, 0.05) is 28.9 Å². The zero-order valence-electron chi connectivity index (χ0n) is 20.2. The van der Waals surface area contributed by atoms with Crippen molar-refractivity contribution in [1.82, 2.24) is 9.97 Å². The van der Waals surface area contributed by atoms with Crippen LogP contribution in [0.1, 0.15) is 27.8 Å². The SMILES string of the molecule is Cc1ccc(SN(c2ccnc(Nc3ccc(C#N)cc3)n2)c2c(C)cc(/C=C/C#N)cc2C)cc1. The number of hydrogen-bond donors (Lipinski definition) is 1. The van der Waals surface area contributed by atoms with Crippen LogP contribution in [0.4, 0.5) is 23.1 Å². The molecule has 1 heterocycles. The predicted molar refractivity (Wildman–Crippen MR) is 146 cm³/mol. The van der Waals surface area contributed by atoms with Crippen LogP contribution in [0.2, 0.25) is 0 Å². The molecule has 0 unspecified atom stereocenters. The van der Waals surface area contributed by atoms with Gasteiger partial charge in [-0.05, 0) is 104 Å². The molecular weight excluding hydrogens is 464 g/mol. The van der Waals surface area contributed by atoms with Crippen LogP contribution in [0, 0.1) is 43.4 Å². The molecule has 4 aromatic rings. The summed E-state index contributed by atoms with van der Waals surface area (Å²) in [5.74, 6) is 1.17. The van der Waals surface area contributed by atoms with Crippen LogP contribution in [0.5, 0.6) is 0 Å². The number of allylic oxidation sites excluding steroid dienone is 1. The molecule has 0 bridgehead atoms. The largest absolute Gasteiger partial charge is 0.324 e. The van der Waals surface area contributed by atoms with Gasteiger partial charge in [0.1, 0.15) is 5.82 Å². The molecule has 1 N–H and O–H groups in total. The van der Waals surface area contributed by atoms with E-state index in [0.717, 1.165) is 38.8 Å². The number of aromatic nitrogens is 2. The molecule has 0 aliphatic carbocycles. The van der Waals surface area contributed by atoms with Crippen LogP contribution in [-0.2, 0) is 0 Å². The van der Waals surface area contributed by atoms with Crippen molar-refractivity contribution >= 4 is 41.2 Å². The van der Waals surface area contributed by atoms with Gasteiger partial charge in [0.25, 0.3) is 0 Å². The predicted octanol–water partition coefficient (Wildman–Crippen LogP) is 7.40. The van der Waals surface area contributed by atoms with Crippen molar-refractivity contribution in [3.8, 4) is 12.1 Å². The van der Waals surface area contributed by atoms with Crippen molar-refractivity contribution in [2.75, 3.05) is 9.62 Å². The minimum absolute atomic E-state index is 0.454. The number of nitrogens with one attached hydrogen (secondary N) is 1. The molecule has 0 saturated carbocycles. The Bertz CT molecular complexity index is 1460. The van der Waals surface area contributed by atoms with Crippen molar-refractivity contribution < 1.29 is 0 Å². The van der Waals surface area contributed by atoms with Crippen molar-refractivity contribution in [2.45, 2.75) is 25.7 Å². The smallest absolute Gasteiger partial charge is 0.229 e. The zero-order chi connectivity index (χ0) is 25.5. The molecule has 3 aromatic carbocycles. The van der Waals surface area contributed by atoms with Crippen LogP contribution in [-0.4, -0.2) is 9.97 Å². The Balaban J connectivity index is 1.74. The van der Waals surface area contributed by atoms with Gasteiger partial charge in [-0.25, -0.2) is 4.98 Å². The summed E-state index contributed by atoms with van der Waals surface area (Å²) >= 11 is 1.58. The first kappa shape index (κ1) is 24.5. The second-order valence-corrected chi connectivity index (χ2v) is 9.24. The van der Waals surface area contributed by atoms with Crippen LogP contribution in [0.25, 0.3) is 6.08 Å². The number of hydrogen-bond acceptors (Lipinski definition) is 7. The highest BCUT2D eigenvalue weighted by Gasteiger charge is 2.19. The standard InChI is InChI=1S/C29H24N6S/c1-20-6-12-26(13-7-20)36-35(28-21(2)17-24(5-4-15-30)18-22(28)3)27-14-16-32-29(34-27)33-25-10-8-23(19-31)9-11-25/h4-14,16-18H,1-3H3,(H,32,33,34)/b5-4+. The Labute approximate surface area is 215 Å². The third-order valence-corrected chi connectivity index (χ3v) is 6.44. The van der Waals surface area contributed by atoms with Gasteiger partial charge in [-0.1, -0.05) is 17.7 Å². The summed E-state index contributed by atoms with van der Waals surface area (Å²) in [5, 5.41) is 21.2. The molecule has 0 fully saturated rings. The van der Waals surface area contributed by atoms with Gasteiger partial charge in [0.2, 0.25) is 5.95 Å². The maximum atomic E-state index is 9.04. The molecule has 176 valence electrons. The lowest BCUT2D eigenvalue weighted by Gasteiger charge is -2.26. The summed E-state index contributed by atoms with van der Waals surface area (Å²) in [5.41, 5.74) is 6.71. The first-order chi connectivity index (χ1) is 17.5. The average molecular weight is 489 g/mol. The second-order valence-electron chi connectivity index (χ2n) is 8.22. The molecule has 1 aromatic heterocycles. The molecule has 0 amide bonds. The van der Waals surface area contributed by atoms with Crippen molar-refractivity contribution in [1.29, 1.82) is 10.5 Å². The number of rotatable bonds is 7. The quantitative estimate of drug-likeness (QED) is 0.214. The molecule has 0 saturated heterocycles. The van der Waals surface area contributed by atoms with E-state index in [1.807, 2.05) is 24.3 Å². The molecule has 0 aliphatic rings. The van der Waals surface area contributed by atoms with E-state index in [4.69, 9.17) is 15.5 Å². The molecule has 0 radical (unpaired) electrons. The number of anilines is 4. The van der Waals surface area contributed by atoms with Gasteiger partial charge >= 0.3 is 0 Å². The summed E-state index contributed by atoms with van der Waals surface area (Å²) in [6.07, 6.45) is 5.02. The summed E-state index contributed by atoms with van der Waals surface area (Å²) in [7, 11) is 0. The highest BCUT2D eigenvalue weighted by molar-refractivity contribution is 8.01. The zero-order valence-corrected chi connectivity index (χ0v) is 21.0. The summed E-state index contributed by atoms with van der Waals surface area (Å²) in [6, 6.07) is 25.7. The van der Waals surface area contributed by atoms with E-state index < -0.39 is 0 Å². The number of nitrogens with zero attached hydrogens (tertiary/aromatic N) is 5. The Morgan fingerprint density at radius 3 is 2.25 bits per heavy atom. The maximum absolute atomic E-state index is 9.04. The Morgan fingerprint density at radius 2 is 1.61 bits per heavy atom. The number of nitriles is 2. The monoisotopic (exact) mass is 488 g/mol. The average Bonchev–Trinajstić information content (AvgIpc) is 2.88. The minimum Gasteiger partial charge on any atom is -0.324 e. The Hall–Kier alpha value is -4.59. The molecule has 36 heavy (non-hydrogen) atoms. The van der Waals surface area contributed by atoms with Crippen LogP contribution >= 0.6 is 11.9 Å². The fraction of sp³-hybridized carbons (Fsp3) is 0.103. The van der Waals surface area contributed by atoms with Gasteiger partial charge in [0.15, 0.2) is 0 Å². The van der Waals surface area contributed by atoms with E-state index in [9.17, 15) is 0 Å². The van der Waals surface area contributed by atoms with Crippen LogP contribution < -0.4 is 9.62 Å². The van der Waals surface area contributed by atoms with E-state index in [0.29, 0.717) is 11.5 Å². The summed E-state index contributed by atoms with van der Waals surface area (Å²) in [4.78, 5) is 10.3. The Kier molecular flexibility index (Phi) is 7.65. The van der Waals surface area contributed by atoms with Crippen LogP contribution in [0.15, 0.2) is 83.9 Å². The fourth-order valence-corrected chi connectivity index (χ4v) is 4.77. The van der Waals surface area contributed by atoms with E-state index in [1.165, 1.54) is 11.6 Å². The maximum Gasteiger partial charge on any atom is 0.229 e. The third kappa shape index (κ3) is 5.90. The van der Waals surface area contributed by atoms with Crippen molar-refractivity contribution in [3.63, 3.8) is 0 Å². The lowest BCUT2D eigenvalue weighted by atomic mass is 10.0. The molecule has 6 nitrogen and oxygen atoms in total. The third-order valence-electron chi connectivity index (χ3n) is 5.40. The normalized spacial score (nSPS) is 10.6. The fourth-order valence-electron chi connectivity index (χ4n) is 3.73. The van der Waals surface area contributed by atoms with Crippen molar-refractivity contribution in [3.05, 3.63) is 107 Å². The molecule has 0 aliphatic heterocycles. The summed E-state index contributed by atoms with van der Waals surface area (Å²) < 4.78 is 2.11. The molecule has 7 heteroatoms. The van der Waals surface area contributed by atoms with Gasteiger partial charge in [-0.15, -0.1) is 0 Å². The van der Waals surface area contributed by atoms with Crippen LogP contribution in [0.3, 0.4) is 0 Å². The highest BCUT2D eigenvalue weighted by Crippen LogP contribution is 2.40. The lowest BCUT2D eigenvalue weighted by molar-refractivity contribution is 1.13. The second kappa shape index (κ2) is 11.2. The summed E-state index contributed by atoms with van der Waals surface area (Å²) in [6.45, 7) is 6.19. The van der Waals surface area contributed by atoms with E-state index in [-0.39, 0.29) is 0 Å². The number of benzene rings is 3.